The van der Waals surface area contributed by atoms with Gasteiger partial charge in [0.05, 0.1) is 11.4 Å². The van der Waals surface area contributed by atoms with Crippen LogP contribution in [0.2, 0.25) is 0 Å². The summed E-state index contributed by atoms with van der Waals surface area (Å²) in [4.78, 5) is 2.00. The van der Waals surface area contributed by atoms with Crippen LogP contribution >= 0.6 is 12.4 Å². The Morgan fingerprint density at radius 2 is 1.67 bits per heavy atom. The van der Waals surface area contributed by atoms with Gasteiger partial charge < -0.3 is 10.2 Å². The Bertz CT molecular complexity index is 1040. The highest BCUT2D eigenvalue weighted by Crippen LogP contribution is 2.38. The Kier molecular flexibility index (Phi) is 6.24. The highest BCUT2D eigenvalue weighted by Gasteiger charge is 2.40. The standard InChI is InChI=1S/C22H21F3N4.ClH/c1-28(2)17-10-8-15(9-11-17)12-16-13-26-14-19-20(16)29(18-6-4-3-5-7-18)27-21(19)22(23,24)25;/h3-12,26H,13-14H2,1-2H3;1H. The van der Waals surface area contributed by atoms with Crippen molar-refractivity contribution in [2.24, 2.45) is 0 Å². The normalized spacial score (nSPS) is 14.9. The van der Waals surface area contributed by atoms with Crippen molar-refractivity contribution in [3.63, 3.8) is 0 Å². The molecule has 3 aromatic rings. The SMILES string of the molecule is CN(C)c1ccc(C=C2CNCc3c(C(F)(F)F)nn(-c4ccccc4)c32)cc1.Cl. The summed E-state index contributed by atoms with van der Waals surface area (Å²) in [6.07, 6.45) is -2.59. The molecule has 4 rings (SSSR count). The number of benzene rings is 2. The van der Waals surface area contributed by atoms with Gasteiger partial charge in [-0.3, -0.25) is 0 Å². The van der Waals surface area contributed by atoms with E-state index in [0.29, 0.717) is 17.9 Å². The number of halogens is 4. The summed E-state index contributed by atoms with van der Waals surface area (Å²) < 4.78 is 42.4. The van der Waals surface area contributed by atoms with Crippen LogP contribution in [-0.2, 0) is 12.7 Å². The van der Waals surface area contributed by atoms with E-state index in [-0.39, 0.29) is 24.5 Å². The van der Waals surface area contributed by atoms with Gasteiger partial charge in [0.15, 0.2) is 5.69 Å². The van der Waals surface area contributed by atoms with Crippen LogP contribution in [-0.4, -0.2) is 30.4 Å². The third-order valence-electron chi connectivity index (χ3n) is 4.92. The maximum atomic E-state index is 13.7. The van der Waals surface area contributed by atoms with Crippen molar-refractivity contribution in [1.82, 2.24) is 15.1 Å². The van der Waals surface area contributed by atoms with Crippen molar-refractivity contribution in [1.29, 1.82) is 0 Å². The molecule has 4 nitrogen and oxygen atoms in total. The maximum absolute atomic E-state index is 13.7. The zero-order chi connectivity index (χ0) is 20.6. The summed E-state index contributed by atoms with van der Waals surface area (Å²) in [6, 6.07) is 16.8. The van der Waals surface area contributed by atoms with Crippen molar-refractivity contribution < 1.29 is 13.2 Å². The number of nitrogens with one attached hydrogen (secondary N) is 1. The van der Waals surface area contributed by atoms with Crippen LogP contribution in [0.15, 0.2) is 54.6 Å². The van der Waals surface area contributed by atoms with Gasteiger partial charge in [-0.15, -0.1) is 12.4 Å². The maximum Gasteiger partial charge on any atom is 0.435 e. The van der Waals surface area contributed by atoms with Gasteiger partial charge in [-0.25, -0.2) is 4.68 Å². The van der Waals surface area contributed by atoms with Crippen molar-refractivity contribution in [3.8, 4) is 5.69 Å². The summed E-state index contributed by atoms with van der Waals surface area (Å²) in [6.45, 7) is 0.603. The summed E-state index contributed by atoms with van der Waals surface area (Å²) in [5.74, 6) is 0. The van der Waals surface area contributed by atoms with Gasteiger partial charge in [0.2, 0.25) is 0 Å². The van der Waals surface area contributed by atoms with Gasteiger partial charge in [-0.1, -0.05) is 30.3 Å². The molecule has 0 saturated carbocycles. The zero-order valence-corrected chi connectivity index (χ0v) is 17.4. The first-order valence-corrected chi connectivity index (χ1v) is 9.28. The molecule has 0 saturated heterocycles. The molecule has 0 atom stereocenters. The van der Waals surface area contributed by atoms with Gasteiger partial charge in [0.25, 0.3) is 0 Å². The van der Waals surface area contributed by atoms with E-state index in [1.165, 1.54) is 4.68 Å². The number of aromatic nitrogens is 2. The van der Waals surface area contributed by atoms with Crippen molar-refractivity contribution >= 4 is 29.7 Å². The van der Waals surface area contributed by atoms with Crippen LogP contribution in [0.1, 0.15) is 22.5 Å². The van der Waals surface area contributed by atoms with E-state index in [9.17, 15) is 13.2 Å². The number of nitrogens with zero attached hydrogens (tertiary/aromatic N) is 3. The fourth-order valence-electron chi connectivity index (χ4n) is 3.53. The molecule has 1 aromatic heterocycles. The molecule has 2 heterocycles. The lowest BCUT2D eigenvalue weighted by Crippen LogP contribution is -2.25. The molecule has 0 fully saturated rings. The summed E-state index contributed by atoms with van der Waals surface area (Å²) in [7, 11) is 3.92. The minimum Gasteiger partial charge on any atom is -0.378 e. The highest BCUT2D eigenvalue weighted by atomic mass is 35.5. The van der Waals surface area contributed by atoms with Crippen LogP contribution in [0.5, 0.6) is 0 Å². The Labute approximate surface area is 179 Å². The number of fused-ring (bicyclic) bond motifs is 1. The van der Waals surface area contributed by atoms with Crippen LogP contribution in [0, 0.1) is 0 Å². The predicted octanol–water partition coefficient (Wildman–Crippen LogP) is 5.02. The van der Waals surface area contributed by atoms with Crippen LogP contribution < -0.4 is 10.2 Å². The zero-order valence-electron chi connectivity index (χ0n) is 16.6. The molecule has 30 heavy (non-hydrogen) atoms. The van der Waals surface area contributed by atoms with Gasteiger partial charge in [-0.2, -0.15) is 18.3 Å². The minimum absolute atomic E-state index is 0. The molecule has 0 unspecified atom stereocenters. The molecule has 0 bridgehead atoms. The topological polar surface area (TPSA) is 33.1 Å². The van der Waals surface area contributed by atoms with Crippen molar-refractivity contribution in [3.05, 3.63) is 77.1 Å². The van der Waals surface area contributed by atoms with E-state index in [1.54, 1.807) is 24.3 Å². The summed E-state index contributed by atoms with van der Waals surface area (Å²) in [5.41, 5.74) is 3.23. The van der Waals surface area contributed by atoms with E-state index in [2.05, 4.69) is 10.4 Å². The molecular formula is C22H22ClF3N4. The lowest BCUT2D eigenvalue weighted by Gasteiger charge is -2.20. The Morgan fingerprint density at radius 1 is 1.00 bits per heavy atom. The quantitative estimate of drug-likeness (QED) is 0.628. The van der Waals surface area contributed by atoms with Gasteiger partial charge in [0.1, 0.15) is 0 Å². The predicted molar refractivity (Wildman–Crippen MR) is 116 cm³/mol. The summed E-state index contributed by atoms with van der Waals surface area (Å²) >= 11 is 0. The minimum atomic E-state index is -4.51. The average Bonchev–Trinajstić information content (AvgIpc) is 3.10. The van der Waals surface area contributed by atoms with Crippen LogP contribution in [0.25, 0.3) is 17.3 Å². The van der Waals surface area contributed by atoms with Gasteiger partial charge in [0, 0.05) is 38.4 Å². The third-order valence-corrected chi connectivity index (χ3v) is 4.92. The molecule has 8 heteroatoms. The highest BCUT2D eigenvalue weighted by molar-refractivity contribution is 5.85. The number of rotatable bonds is 3. The van der Waals surface area contributed by atoms with E-state index < -0.39 is 11.9 Å². The van der Waals surface area contributed by atoms with Crippen LogP contribution in [0.4, 0.5) is 18.9 Å². The average molecular weight is 435 g/mol. The number of para-hydroxylation sites is 1. The number of anilines is 1. The lowest BCUT2D eigenvalue weighted by molar-refractivity contribution is -0.142. The second-order valence-corrected chi connectivity index (χ2v) is 7.18. The molecule has 1 aliphatic heterocycles. The first kappa shape index (κ1) is 21.9. The summed E-state index contributed by atoms with van der Waals surface area (Å²) in [5, 5.41) is 7.06. The monoisotopic (exact) mass is 434 g/mol. The van der Waals surface area contributed by atoms with E-state index in [4.69, 9.17) is 0 Å². The Hall–Kier alpha value is -2.77. The fraction of sp³-hybridized carbons (Fsp3) is 0.227. The van der Waals surface area contributed by atoms with Crippen LogP contribution in [0.3, 0.4) is 0 Å². The molecule has 0 spiro atoms. The molecule has 1 N–H and O–H groups in total. The third kappa shape index (κ3) is 4.22. The molecule has 0 radical (unpaired) electrons. The number of hydrogen-bond acceptors (Lipinski definition) is 3. The first-order valence-electron chi connectivity index (χ1n) is 9.28. The Balaban J connectivity index is 0.00000256. The smallest absolute Gasteiger partial charge is 0.378 e. The Morgan fingerprint density at radius 3 is 2.27 bits per heavy atom. The molecule has 2 aromatic carbocycles. The molecule has 158 valence electrons. The van der Waals surface area contributed by atoms with E-state index in [1.807, 2.05) is 55.4 Å². The fourth-order valence-corrected chi connectivity index (χ4v) is 3.53. The molecular weight excluding hydrogens is 413 g/mol. The van der Waals surface area contributed by atoms with Gasteiger partial charge in [-0.05, 0) is 41.5 Å². The number of alkyl halides is 3. The van der Waals surface area contributed by atoms with Crippen molar-refractivity contribution in [2.45, 2.75) is 12.7 Å². The van der Waals surface area contributed by atoms with E-state index in [0.717, 1.165) is 16.8 Å². The second-order valence-electron chi connectivity index (χ2n) is 7.18. The van der Waals surface area contributed by atoms with E-state index >= 15 is 0 Å². The molecule has 1 aliphatic rings. The van der Waals surface area contributed by atoms with Gasteiger partial charge >= 0.3 is 6.18 Å². The second kappa shape index (κ2) is 8.53. The molecule has 0 aliphatic carbocycles. The lowest BCUT2D eigenvalue weighted by atomic mass is 9.99. The number of hydrogen-bond donors (Lipinski definition) is 1. The largest absolute Gasteiger partial charge is 0.435 e. The first-order chi connectivity index (χ1) is 13.8. The van der Waals surface area contributed by atoms with Crippen molar-refractivity contribution in [2.75, 3.05) is 25.5 Å². The molecule has 0 amide bonds.